The van der Waals surface area contributed by atoms with Gasteiger partial charge in [0.25, 0.3) is 0 Å². The Hall–Kier alpha value is -1.76. The van der Waals surface area contributed by atoms with Gasteiger partial charge in [0.2, 0.25) is 0 Å². The summed E-state index contributed by atoms with van der Waals surface area (Å²) in [5, 5.41) is 6.51. The number of hydrogen-bond donors (Lipinski definition) is 2. The Labute approximate surface area is 144 Å². The summed E-state index contributed by atoms with van der Waals surface area (Å²) in [7, 11) is 0.448. The average Bonchev–Trinajstić information content (AvgIpc) is 2.90. The zero-order valence-corrected chi connectivity index (χ0v) is 15.6. The lowest BCUT2D eigenvalue weighted by molar-refractivity contribution is 0.414. The fourth-order valence-corrected chi connectivity index (χ4v) is 4.42. The van der Waals surface area contributed by atoms with E-state index in [0.717, 1.165) is 5.75 Å². The molecule has 6 nitrogen and oxygen atoms in total. The Balaban J connectivity index is 1.93. The summed E-state index contributed by atoms with van der Waals surface area (Å²) in [6, 6.07) is 7.95. The third-order valence-electron chi connectivity index (χ3n) is 4.37. The van der Waals surface area contributed by atoms with Gasteiger partial charge in [-0.1, -0.05) is 26.0 Å². The number of hydrogen-bond acceptors (Lipinski definition) is 4. The van der Waals surface area contributed by atoms with Crippen LogP contribution in [-0.4, -0.2) is 52.6 Å². The number of nitrogens with one attached hydrogen (secondary N) is 2. The molecule has 0 amide bonds. The van der Waals surface area contributed by atoms with Gasteiger partial charge in [-0.25, -0.2) is 8.42 Å². The van der Waals surface area contributed by atoms with Crippen molar-refractivity contribution >= 4 is 15.8 Å². The Kier molecular flexibility index (Phi) is 5.74. The van der Waals surface area contributed by atoms with E-state index in [-0.39, 0.29) is 23.0 Å². The highest BCUT2D eigenvalue weighted by Gasteiger charge is 2.29. The van der Waals surface area contributed by atoms with E-state index in [2.05, 4.69) is 41.6 Å². The molecule has 1 heterocycles. The van der Waals surface area contributed by atoms with Crippen LogP contribution in [-0.2, 0) is 15.3 Å². The molecule has 1 saturated heterocycles. The number of methoxy groups -OCH3 is 1. The molecule has 0 bridgehead atoms. The van der Waals surface area contributed by atoms with Crippen LogP contribution in [0.1, 0.15) is 25.8 Å². The zero-order valence-electron chi connectivity index (χ0n) is 14.8. The quantitative estimate of drug-likeness (QED) is 0.617. The second-order valence-electron chi connectivity index (χ2n) is 6.78. The number of rotatable bonds is 5. The van der Waals surface area contributed by atoms with Crippen molar-refractivity contribution in [2.75, 3.05) is 32.2 Å². The zero-order chi connectivity index (χ0) is 17.8. The van der Waals surface area contributed by atoms with Crippen LogP contribution in [0.3, 0.4) is 0 Å². The van der Waals surface area contributed by atoms with Crippen LogP contribution in [0.2, 0.25) is 0 Å². The first kappa shape index (κ1) is 18.6. The van der Waals surface area contributed by atoms with Crippen LogP contribution < -0.4 is 15.4 Å². The molecular weight excluding hydrogens is 326 g/mol. The number of nitrogens with zero attached hydrogens (tertiary/aromatic N) is 1. The molecule has 0 radical (unpaired) electrons. The van der Waals surface area contributed by atoms with E-state index in [1.165, 1.54) is 5.56 Å². The van der Waals surface area contributed by atoms with E-state index in [1.807, 2.05) is 12.1 Å². The second-order valence-corrected chi connectivity index (χ2v) is 9.01. The van der Waals surface area contributed by atoms with E-state index in [1.54, 1.807) is 14.2 Å². The van der Waals surface area contributed by atoms with Gasteiger partial charge in [0.05, 0.1) is 18.6 Å². The molecule has 0 spiro atoms. The molecule has 1 unspecified atom stereocenters. The molecule has 1 aliphatic heterocycles. The van der Waals surface area contributed by atoms with Crippen LogP contribution in [0, 0.1) is 0 Å². The van der Waals surface area contributed by atoms with Crippen LogP contribution in [0.5, 0.6) is 5.75 Å². The number of guanidine groups is 1. The average molecular weight is 353 g/mol. The summed E-state index contributed by atoms with van der Waals surface area (Å²) < 4.78 is 28.3. The Morgan fingerprint density at radius 2 is 2.00 bits per heavy atom. The van der Waals surface area contributed by atoms with E-state index in [4.69, 9.17) is 4.74 Å². The van der Waals surface area contributed by atoms with Crippen molar-refractivity contribution in [1.29, 1.82) is 0 Å². The Bertz CT molecular complexity index is 682. The number of aliphatic imine (C=N–C) groups is 1. The largest absolute Gasteiger partial charge is 0.497 e. The van der Waals surface area contributed by atoms with Crippen molar-refractivity contribution in [2.45, 2.75) is 31.7 Å². The van der Waals surface area contributed by atoms with Gasteiger partial charge in [0.1, 0.15) is 5.75 Å². The summed E-state index contributed by atoms with van der Waals surface area (Å²) >= 11 is 0. The first-order valence-corrected chi connectivity index (χ1v) is 9.90. The van der Waals surface area contributed by atoms with Gasteiger partial charge < -0.3 is 15.4 Å². The smallest absolute Gasteiger partial charge is 0.191 e. The molecule has 24 heavy (non-hydrogen) atoms. The molecule has 0 aliphatic carbocycles. The summed E-state index contributed by atoms with van der Waals surface area (Å²) in [6.07, 6.45) is 0.630. The van der Waals surface area contributed by atoms with E-state index < -0.39 is 9.84 Å². The van der Waals surface area contributed by atoms with Crippen molar-refractivity contribution in [3.05, 3.63) is 29.8 Å². The molecule has 2 rings (SSSR count). The number of benzene rings is 1. The number of ether oxygens (including phenoxy) is 1. The summed E-state index contributed by atoms with van der Waals surface area (Å²) in [4.78, 5) is 4.20. The minimum atomic E-state index is -2.90. The highest BCUT2D eigenvalue weighted by molar-refractivity contribution is 7.91. The van der Waals surface area contributed by atoms with Gasteiger partial charge in [0, 0.05) is 25.0 Å². The predicted octanol–water partition coefficient (Wildman–Crippen LogP) is 1.32. The highest BCUT2D eigenvalue weighted by atomic mass is 32.2. The molecule has 1 atom stereocenters. The normalized spacial score (nSPS) is 20.7. The Morgan fingerprint density at radius 3 is 2.50 bits per heavy atom. The molecule has 2 N–H and O–H groups in total. The first-order chi connectivity index (χ1) is 11.3. The topological polar surface area (TPSA) is 79.8 Å². The maximum atomic E-state index is 11.6. The van der Waals surface area contributed by atoms with Gasteiger partial charge in [0.15, 0.2) is 15.8 Å². The van der Waals surface area contributed by atoms with E-state index in [0.29, 0.717) is 18.9 Å². The third-order valence-corrected chi connectivity index (χ3v) is 6.13. The van der Waals surface area contributed by atoms with Crippen molar-refractivity contribution in [3.8, 4) is 5.75 Å². The molecule has 7 heteroatoms. The number of sulfone groups is 1. The maximum Gasteiger partial charge on any atom is 0.191 e. The summed E-state index contributed by atoms with van der Waals surface area (Å²) in [5.74, 6) is 1.90. The Morgan fingerprint density at radius 1 is 1.33 bits per heavy atom. The van der Waals surface area contributed by atoms with Crippen LogP contribution >= 0.6 is 0 Å². The SMILES string of the molecule is CN=C(NCC(C)(C)c1ccc(OC)cc1)NC1CCS(=O)(=O)C1. The van der Waals surface area contributed by atoms with Gasteiger partial charge in [-0.05, 0) is 24.1 Å². The van der Waals surface area contributed by atoms with E-state index in [9.17, 15) is 8.42 Å². The van der Waals surface area contributed by atoms with Gasteiger partial charge in [-0.2, -0.15) is 0 Å². The molecule has 0 saturated carbocycles. The molecule has 1 aromatic rings. The minimum absolute atomic E-state index is 0.0645. The van der Waals surface area contributed by atoms with Crippen molar-refractivity contribution in [2.24, 2.45) is 4.99 Å². The molecule has 134 valence electrons. The highest BCUT2D eigenvalue weighted by Crippen LogP contribution is 2.24. The lowest BCUT2D eigenvalue weighted by Gasteiger charge is -2.27. The fraction of sp³-hybridized carbons (Fsp3) is 0.588. The molecular formula is C17H27N3O3S. The molecule has 0 aromatic heterocycles. The van der Waals surface area contributed by atoms with Crippen LogP contribution in [0.25, 0.3) is 0 Å². The predicted molar refractivity (Wildman–Crippen MR) is 97.6 cm³/mol. The monoisotopic (exact) mass is 353 g/mol. The lowest BCUT2D eigenvalue weighted by Crippen LogP contribution is -2.47. The molecule has 1 fully saturated rings. The molecule has 1 aromatic carbocycles. The van der Waals surface area contributed by atoms with Gasteiger partial charge in [-0.15, -0.1) is 0 Å². The van der Waals surface area contributed by atoms with Gasteiger partial charge >= 0.3 is 0 Å². The van der Waals surface area contributed by atoms with Crippen molar-refractivity contribution in [3.63, 3.8) is 0 Å². The third kappa shape index (κ3) is 4.87. The lowest BCUT2D eigenvalue weighted by atomic mass is 9.84. The maximum absolute atomic E-state index is 11.6. The van der Waals surface area contributed by atoms with Gasteiger partial charge in [-0.3, -0.25) is 4.99 Å². The summed E-state index contributed by atoms with van der Waals surface area (Å²) in [6.45, 7) is 4.97. The van der Waals surface area contributed by atoms with Crippen LogP contribution in [0.15, 0.2) is 29.3 Å². The standard InChI is InChI=1S/C17H27N3O3S/c1-17(2,13-5-7-15(23-4)8-6-13)12-19-16(18-3)20-14-9-10-24(21,22)11-14/h5-8,14H,9-12H2,1-4H3,(H2,18,19,20). The van der Waals surface area contributed by atoms with Crippen LogP contribution in [0.4, 0.5) is 0 Å². The second kappa shape index (κ2) is 7.42. The van der Waals surface area contributed by atoms with Crippen molar-refractivity contribution < 1.29 is 13.2 Å². The summed E-state index contributed by atoms with van der Waals surface area (Å²) in [5.41, 5.74) is 1.08. The van der Waals surface area contributed by atoms with Crippen molar-refractivity contribution in [1.82, 2.24) is 10.6 Å². The first-order valence-electron chi connectivity index (χ1n) is 8.08. The molecule has 1 aliphatic rings. The fourth-order valence-electron chi connectivity index (χ4n) is 2.75. The minimum Gasteiger partial charge on any atom is -0.497 e. The van der Waals surface area contributed by atoms with E-state index >= 15 is 0 Å².